The second-order valence-electron chi connectivity index (χ2n) is 5.13. The molecule has 1 saturated carbocycles. The molecule has 3 N–H and O–H groups in total. The van der Waals surface area contributed by atoms with E-state index in [4.69, 9.17) is 5.73 Å². The number of nitrogens with one attached hydrogen (secondary N) is 1. The minimum absolute atomic E-state index is 0.111. The van der Waals surface area contributed by atoms with Crippen LogP contribution >= 0.6 is 0 Å². The summed E-state index contributed by atoms with van der Waals surface area (Å²) < 4.78 is 1.57. The zero-order valence-corrected chi connectivity index (χ0v) is 11.4. The zero-order chi connectivity index (χ0) is 14.0. The first-order chi connectivity index (χ1) is 9.02. The van der Waals surface area contributed by atoms with E-state index in [-0.39, 0.29) is 22.7 Å². The molecule has 7 nitrogen and oxygen atoms in total. The highest BCUT2D eigenvalue weighted by molar-refractivity contribution is 5.60. The Morgan fingerprint density at radius 1 is 1.47 bits per heavy atom. The van der Waals surface area contributed by atoms with Gasteiger partial charge < -0.3 is 11.1 Å². The van der Waals surface area contributed by atoms with E-state index >= 15 is 0 Å². The van der Waals surface area contributed by atoms with Crippen LogP contribution in [0.25, 0.3) is 0 Å². The molecule has 0 spiro atoms. The molecule has 19 heavy (non-hydrogen) atoms. The first-order valence-corrected chi connectivity index (χ1v) is 6.75. The topological polar surface area (TPSA) is 99.0 Å². The Kier molecular flexibility index (Phi) is 4.04. The van der Waals surface area contributed by atoms with E-state index in [9.17, 15) is 10.1 Å². The molecule has 1 aromatic rings. The van der Waals surface area contributed by atoms with Crippen LogP contribution in [0.15, 0.2) is 0 Å². The Balaban J connectivity index is 2.19. The van der Waals surface area contributed by atoms with Crippen molar-refractivity contribution in [2.24, 2.45) is 12.8 Å². The normalized spacial score (nSPS) is 23.3. The van der Waals surface area contributed by atoms with Crippen LogP contribution in [0, 0.1) is 10.1 Å². The highest BCUT2D eigenvalue weighted by atomic mass is 16.6. The summed E-state index contributed by atoms with van der Waals surface area (Å²) in [5, 5.41) is 18.7. The van der Waals surface area contributed by atoms with Gasteiger partial charge in [-0.2, -0.15) is 5.10 Å². The third-order valence-electron chi connectivity index (χ3n) is 3.72. The fourth-order valence-electron chi connectivity index (χ4n) is 2.62. The third kappa shape index (κ3) is 2.86. The molecular formula is C12H21N5O2. The molecule has 1 heterocycles. The van der Waals surface area contributed by atoms with E-state index in [1.54, 1.807) is 11.7 Å². The van der Waals surface area contributed by atoms with Crippen LogP contribution in [0.4, 0.5) is 11.5 Å². The van der Waals surface area contributed by atoms with E-state index < -0.39 is 0 Å². The molecule has 106 valence electrons. The summed E-state index contributed by atoms with van der Waals surface area (Å²) >= 11 is 0. The maximum atomic E-state index is 11.2. The van der Waals surface area contributed by atoms with Gasteiger partial charge in [0, 0.05) is 19.1 Å². The van der Waals surface area contributed by atoms with Crippen LogP contribution in [0.5, 0.6) is 0 Å². The van der Waals surface area contributed by atoms with Crippen molar-refractivity contribution in [3.05, 3.63) is 15.8 Å². The van der Waals surface area contributed by atoms with Crippen LogP contribution < -0.4 is 11.1 Å². The number of aromatic nitrogens is 2. The minimum Gasteiger partial charge on any atom is -0.362 e. The monoisotopic (exact) mass is 267 g/mol. The Bertz CT molecular complexity index is 463. The molecule has 0 aliphatic heterocycles. The van der Waals surface area contributed by atoms with Crippen molar-refractivity contribution in [3.63, 3.8) is 0 Å². The standard InChI is InChI=1S/C12H21N5O2/c1-3-10-11(17(18)19)12(16(2)15-10)14-9-6-4-8(13)5-7-9/h8-9,14H,3-7,13H2,1-2H3. The van der Waals surface area contributed by atoms with Gasteiger partial charge in [0.2, 0.25) is 5.82 Å². The summed E-state index contributed by atoms with van der Waals surface area (Å²) in [4.78, 5) is 10.9. The average molecular weight is 267 g/mol. The van der Waals surface area contributed by atoms with Gasteiger partial charge in [-0.25, -0.2) is 4.68 Å². The number of hydrogen-bond donors (Lipinski definition) is 2. The van der Waals surface area contributed by atoms with Crippen molar-refractivity contribution >= 4 is 11.5 Å². The van der Waals surface area contributed by atoms with Crippen molar-refractivity contribution in [2.75, 3.05) is 5.32 Å². The van der Waals surface area contributed by atoms with Gasteiger partial charge in [-0.15, -0.1) is 0 Å². The second-order valence-corrected chi connectivity index (χ2v) is 5.13. The van der Waals surface area contributed by atoms with Crippen molar-refractivity contribution in [3.8, 4) is 0 Å². The van der Waals surface area contributed by atoms with Gasteiger partial charge in [0.1, 0.15) is 5.69 Å². The van der Waals surface area contributed by atoms with Gasteiger partial charge >= 0.3 is 5.69 Å². The number of nitrogens with zero attached hydrogens (tertiary/aromatic N) is 3. The zero-order valence-electron chi connectivity index (χ0n) is 11.4. The molecule has 2 rings (SSSR count). The third-order valence-corrected chi connectivity index (χ3v) is 3.72. The maximum absolute atomic E-state index is 11.2. The van der Waals surface area contributed by atoms with E-state index in [0.717, 1.165) is 25.7 Å². The highest BCUT2D eigenvalue weighted by Crippen LogP contribution is 2.31. The van der Waals surface area contributed by atoms with Crippen LogP contribution in [-0.4, -0.2) is 26.8 Å². The van der Waals surface area contributed by atoms with E-state index in [1.165, 1.54) is 0 Å². The maximum Gasteiger partial charge on any atom is 0.333 e. The average Bonchev–Trinajstić information content (AvgIpc) is 2.69. The van der Waals surface area contributed by atoms with Crippen molar-refractivity contribution in [1.82, 2.24) is 9.78 Å². The fourth-order valence-corrected chi connectivity index (χ4v) is 2.62. The number of hydrogen-bond acceptors (Lipinski definition) is 5. The lowest BCUT2D eigenvalue weighted by molar-refractivity contribution is -0.384. The number of nitrogens with two attached hydrogens (primary N) is 1. The van der Waals surface area contributed by atoms with E-state index in [1.807, 2.05) is 6.92 Å². The molecule has 0 radical (unpaired) electrons. The Morgan fingerprint density at radius 2 is 2.11 bits per heavy atom. The number of anilines is 1. The summed E-state index contributed by atoms with van der Waals surface area (Å²) in [7, 11) is 1.74. The molecule has 1 aromatic heterocycles. The summed E-state index contributed by atoms with van der Waals surface area (Å²) in [6.45, 7) is 1.87. The molecule has 1 aliphatic carbocycles. The molecule has 0 atom stereocenters. The van der Waals surface area contributed by atoms with Crippen molar-refractivity contribution < 1.29 is 4.92 Å². The fraction of sp³-hybridized carbons (Fsp3) is 0.750. The smallest absolute Gasteiger partial charge is 0.333 e. The lowest BCUT2D eigenvalue weighted by Crippen LogP contribution is -2.33. The van der Waals surface area contributed by atoms with Gasteiger partial charge in [0.15, 0.2) is 0 Å². The van der Waals surface area contributed by atoms with Crippen LogP contribution in [0.1, 0.15) is 38.3 Å². The molecule has 0 bridgehead atoms. The lowest BCUT2D eigenvalue weighted by Gasteiger charge is -2.27. The second kappa shape index (κ2) is 5.56. The van der Waals surface area contributed by atoms with Crippen molar-refractivity contribution in [2.45, 2.75) is 51.1 Å². The number of rotatable bonds is 4. The summed E-state index contributed by atoms with van der Waals surface area (Å²) in [6, 6.07) is 0.518. The molecule has 1 aliphatic rings. The molecular weight excluding hydrogens is 246 g/mol. The van der Waals surface area contributed by atoms with Crippen molar-refractivity contribution in [1.29, 1.82) is 0 Å². The SMILES string of the molecule is CCc1nn(C)c(NC2CCC(N)CC2)c1[N+](=O)[O-]. The Labute approximate surface area is 112 Å². The summed E-state index contributed by atoms with van der Waals surface area (Å²) in [5.41, 5.74) is 6.51. The first kappa shape index (κ1) is 13.8. The Morgan fingerprint density at radius 3 is 2.63 bits per heavy atom. The first-order valence-electron chi connectivity index (χ1n) is 6.75. The molecule has 0 aromatic carbocycles. The molecule has 1 fully saturated rings. The van der Waals surface area contributed by atoms with E-state index in [0.29, 0.717) is 17.9 Å². The predicted octanol–water partition coefficient (Wildman–Crippen LogP) is 1.57. The van der Waals surface area contributed by atoms with Crippen LogP contribution in [0.3, 0.4) is 0 Å². The lowest BCUT2D eigenvalue weighted by atomic mass is 9.92. The summed E-state index contributed by atoms with van der Waals surface area (Å²) in [5.74, 6) is 0.516. The van der Waals surface area contributed by atoms with Gasteiger partial charge in [0.25, 0.3) is 0 Å². The van der Waals surface area contributed by atoms with Gasteiger partial charge in [-0.1, -0.05) is 6.92 Å². The molecule has 0 amide bonds. The van der Waals surface area contributed by atoms with Crippen LogP contribution in [-0.2, 0) is 13.5 Å². The minimum atomic E-state index is -0.345. The van der Waals surface area contributed by atoms with Gasteiger partial charge in [-0.05, 0) is 32.1 Å². The van der Waals surface area contributed by atoms with E-state index in [2.05, 4.69) is 10.4 Å². The number of nitro groups is 1. The summed E-state index contributed by atoms with van der Waals surface area (Å²) in [6.07, 6.45) is 4.38. The quantitative estimate of drug-likeness (QED) is 0.637. The molecule has 7 heteroatoms. The Hall–Kier alpha value is -1.63. The highest BCUT2D eigenvalue weighted by Gasteiger charge is 2.28. The largest absolute Gasteiger partial charge is 0.362 e. The van der Waals surface area contributed by atoms with Crippen LogP contribution in [0.2, 0.25) is 0 Å². The molecule has 0 unspecified atom stereocenters. The predicted molar refractivity (Wildman–Crippen MR) is 73.1 cm³/mol. The number of aryl methyl sites for hydroxylation is 2. The molecule has 0 saturated heterocycles. The van der Waals surface area contributed by atoms with Gasteiger partial charge in [0.05, 0.1) is 4.92 Å². The van der Waals surface area contributed by atoms with Gasteiger partial charge in [-0.3, -0.25) is 10.1 Å².